The van der Waals surface area contributed by atoms with Crippen molar-refractivity contribution in [1.29, 1.82) is 0 Å². The first-order valence-electron chi connectivity index (χ1n) is 6.02. The summed E-state index contributed by atoms with van der Waals surface area (Å²) in [5.74, 6) is -1.33. The lowest BCUT2D eigenvalue weighted by Gasteiger charge is -2.23. The fraction of sp³-hybridized carbons (Fsp3) is 0.133. The standard InChI is InChI=1S/C15H13ClFNO2/c16-12-5-7-13(8-6-12)18(10-15(19)20)9-11-3-1-2-4-14(11)17/h1-8H,9-10H2,(H,19,20). The van der Waals surface area contributed by atoms with Gasteiger partial charge in [0.25, 0.3) is 0 Å². The number of halogens is 2. The number of aliphatic carboxylic acids is 1. The molecule has 0 bridgehead atoms. The van der Waals surface area contributed by atoms with Crippen LogP contribution in [-0.4, -0.2) is 17.6 Å². The highest BCUT2D eigenvalue weighted by atomic mass is 35.5. The monoisotopic (exact) mass is 293 g/mol. The van der Waals surface area contributed by atoms with Crippen LogP contribution < -0.4 is 4.90 Å². The predicted octanol–water partition coefficient (Wildman–Crippen LogP) is 3.57. The molecule has 0 aromatic heterocycles. The molecule has 0 saturated carbocycles. The third kappa shape index (κ3) is 3.71. The van der Waals surface area contributed by atoms with E-state index in [0.717, 1.165) is 0 Å². The first kappa shape index (κ1) is 14.3. The largest absolute Gasteiger partial charge is 0.480 e. The number of hydrogen-bond donors (Lipinski definition) is 1. The van der Waals surface area contributed by atoms with Crippen molar-refractivity contribution < 1.29 is 14.3 Å². The second-order valence-corrected chi connectivity index (χ2v) is 4.75. The van der Waals surface area contributed by atoms with Crippen molar-refractivity contribution in [1.82, 2.24) is 0 Å². The van der Waals surface area contributed by atoms with Gasteiger partial charge < -0.3 is 10.0 Å². The number of carbonyl (C=O) groups is 1. The molecule has 0 heterocycles. The Hall–Kier alpha value is -2.07. The number of nitrogens with zero attached hydrogens (tertiary/aromatic N) is 1. The number of rotatable bonds is 5. The van der Waals surface area contributed by atoms with E-state index in [1.807, 2.05) is 0 Å². The van der Waals surface area contributed by atoms with Gasteiger partial charge >= 0.3 is 5.97 Å². The lowest BCUT2D eigenvalue weighted by molar-refractivity contribution is -0.135. The lowest BCUT2D eigenvalue weighted by Crippen LogP contribution is -2.29. The Kier molecular flexibility index (Phi) is 4.58. The average Bonchev–Trinajstić information content (AvgIpc) is 2.41. The molecule has 3 nitrogen and oxygen atoms in total. The Bertz CT molecular complexity index is 601. The molecule has 0 saturated heterocycles. The number of hydrogen-bond acceptors (Lipinski definition) is 2. The maximum atomic E-state index is 13.7. The molecule has 0 radical (unpaired) electrons. The fourth-order valence-corrected chi connectivity index (χ4v) is 2.01. The Morgan fingerprint density at radius 2 is 1.80 bits per heavy atom. The van der Waals surface area contributed by atoms with Crippen LogP contribution in [0, 0.1) is 5.82 Å². The first-order valence-corrected chi connectivity index (χ1v) is 6.40. The molecule has 0 unspecified atom stereocenters. The SMILES string of the molecule is O=C(O)CN(Cc1ccccc1F)c1ccc(Cl)cc1. The van der Waals surface area contributed by atoms with Crippen molar-refractivity contribution in [3.63, 3.8) is 0 Å². The second-order valence-electron chi connectivity index (χ2n) is 4.32. The van der Waals surface area contributed by atoms with E-state index in [2.05, 4.69) is 0 Å². The number of carboxylic acid groups (broad SMARTS) is 1. The maximum absolute atomic E-state index is 13.7. The summed E-state index contributed by atoms with van der Waals surface area (Å²) in [6, 6.07) is 13.1. The molecule has 2 aromatic carbocycles. The molecule has 0 aliphatic carbocycles. The molecule has 0 fully saturated rings. The van der Waals surface area contributed by atoms with Crippen LogP contribution >= 0.6 is 11.6 Å². The zero-order valence-corrected chi connectivity index (χ0v) is 11.3. The molecule has 0 aliphatic rings. The van der Waals surface area contributed by atoms with Crippen molar-refractivity contribution >= 4 is 23.3 Å². The topological polar surface area (TPSA) is 40.5 Å². The summed E-state index contributed by atoms with van der Waals surface area (Å²) in [6.45, 7) is -0.0312. The van der Waals surface area contributed by atoms with Gasteiger partial charge in [0, 0.05) is 22.8 Å². The molecule has 0 aliphatic heterocycles. The minimum atomic E-state index is -0.976. The smallest absolute Gasteiger partial charge is 0.323 e. The molecule has 0 atom stereocenters. The van der Waals surface area contributed by atoms with Crippen molar-refractivity contribution in [3.8, 4) is 0 Å². The van der Waals surface area contributed by atoms with Crippen LogP contribution in [0.3, 0.4) is 0 Å². The molecule has 5 heteroatoms. The number of benzene rings is 2. The zero-order valence-electron chi connectivity index (χ0n) is 10.6. The third-order valence-electron chi connectivity index (χ3n) is 2.84. The van der Waals surface area contributed by atoms with E-state index in [9.17, 15) is 9.18 Å². The molecule has 0 amide bonds. The van der Waals surface area contributed by atoms with Gasteiger partial charge in [-0.05, 0) is 30.3 Å². The van der Waals surface area contributed by atoms with E-state index in [-0.39, 0.29) is 18.9 Å². The van der Waals surface area contributed by atoms with Gasteiger partial charge in [-0.1, -0.05) is 29.8 Å². The van der Waals surface area contributed by atoms with Gasteiger partial charge in [0.1, 0.15) is 12.4 Å². The van der Waals surface area contributed by atoms with Gasteiger partial charge in [0.05, 0.1) is 0 Å². The predicted molar refractivity (Wildman–Crippen MR) is 76.5 cm³/mol. The molecule has 2 aromatic rings. The van der Waals surface area contributed by atoms with Crippen LogP contribution in [-0.2, 0) is 11.3 Å². The number of carboxylic acids is 1. The normalized spacial score (nSPS) is 10.3. The van der Waals surface area contributed by atoms with Crippen LogP contribution in [0.4, 0.5) is 10.1 Å². The molecular formula is C15H13ClFNO2. The van der Waals surface area contributed by atoms with Crippen LogP contribution in [0.1, 0.15) is 5.56 Å². The Morgan fingerprint density at radius 1 is 1.15 bits per heavy atom. The molecule has 104 valence electrons. The summed E-state index contributed by atoms with van der Waals surface area (Å²) in [6.07, 6.45) is 0. The summed E-state index contributed by atoms with van der Waals surface area (Å²) in [4.78, 5) is 12.5. The Balaban J connectivity index is 2.26. The van der Waals surface area contributed by atoms with Gasteiger partial charge in [0.2, 0.25) is 0 Å². The highest BCUT2D eigenvalue weighted by Crippen LogP contribution is 2.21. The van der Waals surface area contributed by atoms with Crippen LogP contribution in [0.25, 0.3) is 0 Å². The lowest BCUT2D eigenvalue weighted by atomic mass is 10.2. The Morgan fingerprint density at radius 3 is 2.40 bits per heavy atom. The highest BCUT2D eigenvalue weighted by Gasteiger charge is 2.13. The van der Waals surface area contributed by atoms with E-state index in [4.69, 9.17) is 16.7 Å². The molecular weight excluding hydrogens is 281 g/mol. The summed E-state index contributed by atoms with van der Waals surface area (Å²) in [5, 5.41) is 9.55. The van der Waals surface area contributed by atoms with Gasteiger partial charge in [-0.25, -0.2) is 4.39 Å². The fourth-order valence-electron chi connectivity index (χ4n) is 1.89. The van der Waals surface area contributed by atoms with Crippen LogP contribution in [0.5, 0.6) is 0 Å². The minimum Gasteiger partial charge on any atom is -0.480 e. The minimum absolute atomic E-state index is 0.181. The maximum Gasteiger partial charge on any atom is 0.323 e. The molecule has 20 heavy (non-hydrogen) atoms. The molecule has 0 spiro atoms. The molecule has 1 N–H and O–H groups in total. The van der Waals surface area contributed by atoms with E-state index >= 15 is 0 Å². The summed E-state index contributed by atoms with van der Waals surface area (Å²) < 4.78 is 13.7. The Labute approximate surface area is 121 Å². The quantitative estimate of drug-likeness (QED) is 0.916. The van der Waals surface area contributed by atoms with Gasteiger partial charge in [-0.2, -0.15) is 0 Å². The second kappa shape index (κ2) is 6.39. The van der Waals surface area contributed by atoms with Crippen molar-refractivity contribution in [2.45, 2.75) is 6.54 Å². The molecule has 2 rings (SSSR count). The van der Waals surface area contributed by atoms with E-state index < -0.39 is 5.97 Å². The van der Waals surface area contributed by atoms with Gasteiger partial charge in [0.15, 0.2) is 0 Å². The van der Waals surface area contributed by atoms with Crippen molar-refractivity contribution in [2.24, 2.45) is 0 Å². The average molecular weight is 294 g/mol. The summed E-state index contributed by atoms with van der Waals surface area (Å²) in [7, 11) is 0. The highest BCUT2D eigenvalue weighted by molar-refractivity contribution is 6.30. The first-order chi connectivity index (χ1) is 9.56. The van der Waals surface area contributed by atoms with Crippen molar-refractivity contribution in [3.05, 3.63) is 64.9 Å². The number of anilines is 1. The van der Waals surface area contributed by atoms with Crippen LogP contribution in [0.15, 0.2) is 48.5 Å². The van der Waals surface area contributed by atoms with Gasteiger partial charge in [-0.15, -0.1) is 0 Å². The van der Waals surface area contributed by atoms with Crippen LogP contribution in [0.2, 0.25) is 5.02 Å². The third-order valence-corrected chi connectivity index (χ3v) is 3.09. The zero-order chi connectivity index (χ0) is 14.5. The van der Waals surface area contributed by atoms with E-state index in [1.165, 1.54) is 6.07 Å². The van der Waals surface area contributed by atoms with Crippen molar-refractivity contribution in [2.75, 3.05) is 11.4 Å². The summed E-state index contributed by atoms with van der Waals surface area (Å²) >= 11 is 5.81. The van der Waals surface area contributed by atoms with Gasteiger partial charge in [-0.3, -0.25) is 4.79 Å². The van der Waals surface area contributed by atoms with E-state index in [0.29, 0.717) is 16.3 Å². The summed E-state index contributed by atoms with van der Waals surface area (Å²) in [5.41, 5.74) is 1.13. The van der Waals surface area contributed by atoms with E-state index in [1.54, 1.807) is 47.4 Å².